The summed E-state index contributed by atoms with van der Waals surface area (Å²) in [4.78, 5) is 24.8. The zero-order valence-corrected chi connectivity index (χ0v) is 11.9. The molecule has 0 radical (unpaired) electrons. The van der Waals surface area contributed by atoms with Crippen LogP contribution in [0.15, 0.2) is 24.3 Å². The average Bonchev–Trinajstić information content (AvgIpc) is 3.19. The number of nitrogens with zero attached hydrogens (tertiary/aromatic N) is 1. The lowest BCUT2D eigenvalue weighted by Gasteiger charge is -2.19. The number of rotatable bonds is 6. The Balaban J connectivity index is 1.38. The minimum Gasteiger partial charge on any atom is -0.481 e. The van der Waals surface area contributed by atoms with Gasteiger partial charge in [0.15, 0.2) is 0 Å². The number of para-hydroxylation sites is 1. The van der Waals surface area contributed by atoms with Crippen LogP contribution in [0.4, 0.5) is 5.69 Å². The molecule has 1 aromatic rings. The lowest BCUT2D eigenvalue weighted by Crippen LogP contribution is -2.30. The molecule has 2 N–H and O–H groups in total. The van der Waals surface area contributed by atoms with E-state index in [9.17, 15) is 9.59 Å². The van der Waals surface area contributed by atoms with E-state index in [0.717, 1.165) is 25.9 Å². The van der Waals surface area contributed by atoms with Gasteiger partial charge >= 0.3 is 5.97 Å². The Morgan fingerprint density at radius 2 is 2.10 bits per heavy atom. The van der Waals surface area contributed by atoms with E-state index >= 15 is 0 Å². The molecule has 21 heavy (non-hydrogen) atoms. The van der Waals surface area contributed by atoms with Crippen LogP contribution in [0.5, 0.6) is 0 Å². The zero-order chi connectivity index (χ0) is 14.8. The van der Waals surface area contributed by atoms with E-state index < -0.39 is 11.9 Å². The number of aliphatic carboxylic acids is 1. The van der Waals surface area contributed by atoms with Gasteiger partial charge in [-0.15, -0.1) is 0 Å². The van der Waals surface area contributed by atoms with Gasteiger partial charge in [0.25, 0.3) is 0 Å². The minimum absolute atomic E-state index is 0.107. The first-order valence-corrected chi connectivity index (χ1v) is 7.50. The molecular weight excluding hydrogens is 268 g/mol. The van der Waals surface area contributed by atoms with Crippen LogP contribution < -0.4 is 10.2 Å². The third-order valence-corrected chi connectivity index (χ3v) is 4.33. The lowest BCUT2D eigenvalue weighted by molar-refractivity contribution is -0.140. The van der Waals surface area contributed by atoms with Crippen molar-refractivity contribution in [3.8, 4) is 0 Å². The average molecular weight is 288 g/mol. The van der Waals surface area contributed by atoms with Crippen LogP contribution >= 0.6 is 0 Å². The molecule has 3 rings (SSSR count). The normalized spacial score (nSPS) is 22.8. The van der Waals surface area contributed by atoms with Crippen molar-refractivity contribution in [2.24, 2.45) is 11.8 Å². The Bertz CT molecular complexity index is 558. The second-order valence-electron chi connectivity index (χ2n) is 5.80. The monoisotopic (exact) mass is 288 g/mol. The fourth-order valence-electron chi connectivity index (χ4n) is 3.01. The predicted molar refractivity (Wildman–Crippen MR) is 79.2 cm³/mol. The van der Waals surface area contributed by atoms with E-state index in [1.165, 1.54) is 11.3 Å². The molecule has 1 aromatic carbocycles. The minimum atomic E-state index is -0.858. The highest BCUT2D eigenvalue weighted by atomic mass is 16.4. The smallest absolute Gasteiger partial charge is 0.307 e. The number of amides is 1. The van der Waals surface area contributed by atoms with Gasteiger partial charge < -0.3 is 15.3 Å². The molecule has 1 fully saturated rings. The van der Waals surface area contributed by atoms with Crippen molar-refractivity contribution in [2.75, 3.05) is 24.5 Å². The van der Waals surface area contributed by atoms with Gasteiger partial charge in [0, 0.05) is 25.3 Å². The molecule has 0 saturated heterocycles. The van der Waals surface area contributed by atoms with Gasteiger partial charge in [-0.3, -0.25) is 9.59 Å². The lowest BCUT2D eigenvalue weighted by atomic mass is 10.2. The number of benzene rings is 1. The maximum atomic E-state index is 11.7. The quantitative estimate of drug-likeness (QED) is 0.774. The molecule has 1 aliphatic heterocycles. The molecule has 112 valence electrons. The summed E-state index contributed by atoms with van der Waals surface area (Å²) in [5.74, 6) is -1.74. The van der Waals surface area contributed by atoms with Crippen molar-refractivity contribution >= 4 is 17.6 Å². The van der Waals surface area contributed by atoms with Crippen molar-refractivity contribution in [2.45, 2.75) is 19.3 Å². The van der Waals surface area contributed by atoms with E-state index in [1.54, 1.807) is 0 Å². The number of anilines is 1. The van der Waals surface area contributed by atoms with Crippen molar-refractivity contribution in [3.05, 3.63) is 29.8 Å². The predicted octanol–water partition coefficient (Wildman–Crippen LogP) is 1.28. The summed E-state index contributed by atoms with van der Waals surface area (Å²) in [5.41, 5.74) is 2.70. The number of carbonyl (C=O) groups excluding carboxylic acids is 1. The van der Waals surface area contributed by atoms with Gasteiger partial charge in [-0.25, -0.2) is 0 Å². The second kappa shape index (κ2) is 5.76. The highest BCUT2D eigenvalue weighted by Crippen LogP contribution is 2.38. The standard InChI is InChI=1S/C16H20N2O3/c19-15(12-10-13(12)16(20)21)17-7-3-8-18-9-6-11-4-1-2-5-14(11)18/h1-2,4-5,12-13H,3,6-10H2,(H,17,19)(H,20,21). The van der Waals surface area contributed by atoms with Crippen LogP contribution in [-0.4, -0.2) is 36.6 Å². The third kappa shape index (κ3) is 3.01. The maximum Gasteiger partial charge on any atom is 0.307 e. The van der Waals surface area contributed by atoms with Crippen LogP contribution in [0.25, 0.3) is 0 Å². The Morgan fingerprint density at radius 3 is 2.86 bits per heavy atom. The van der Waals surface area contributed by atoms with Crippen LogP contribution in [0.2, 0.25) is 0 Å². The summed E-state index contributed by atoms with van der Waals surface area (Å²) in [7, 11) is 0. The molecule has 0 spiro atoms. The number of nitrogens with one attached hydrogen (secondary N) is 1. The third-order valence-electron chi connectivity index (χ3n) is 4.33. The summed E-state index contributed by atoms with van der Waals surface area (Å²) in [6, 6.07) is 8.42. The van der Waals surface area contributed by atoms with Gasteiger partial charge in [-0.2, -0.15) is 0 Å². The number of hydrogen-bond acceptors (Lipinski definition) is 3. The van der Waals surface area contributed by atoms with E-state index in [2.05, 4.69) is 34.5 Å². The van der Waals surface area contributed by atoms with E-state index in [-0.39, 0.29) is 11.8 Å². The number of fused-ring (bicyclic) bond motifs is 1. The molecular formula is C16H20N2O3. The number of hydrogen-bond donors (Lipinski definition) is 2. The molecule has 5 heteroatoms. The summed E-state index contributed by atoms with van der Waals surface area (Å²) in [6.45, 7) is 2.57. The fraction of sp³-hybridized carbons (Fsp3) is 0.500. The summed E-state index contributed by atoms with van der Waals surface area (Å²) in [6.07, 6.45) is 2.45. The van der Waals surface area contributed by atoms with Gasteiger partial charge in [0.2, 0.25) is 5.91 Å². The topological polar surface area (TPSA) is 69.6 Å². The van der Waals surface area contributed by atoms with Crippen LogP contribution in [0.3, 0.4) is 0 Å². The van der Waals surface area contributed by atoms with Gasteiger partial charge in [0.05, 0.1) is 11.8 Å². The Hall–Kier alpha value is -2.04. The molecule has 2 unspecified atom stereocenters. The van der Waals surface area contributed by atoms with Gasteiger partial charge in [0.1, 0.15) is 0 Å². The number of carboxylic acids is 1. The molecule has 2 atom stereocenters. The van der Waals surface area contributed by atoms with Crippen LogP contribution in [0.1, 0.15) is 18.4 Å². The van der Waals surface area contributed by atoms with Crippen molar-refractivity contribution in [3.63, 3.8) is 0 Å². The summed E-state index contributed by atoms with van der Waals surface area (Å²) < 4.78 is 0. The van der Waals surface area contributed by atoms with Gasteiger partial charge in [-0.1, -0.05) is 18.2 Å². The highest BCUT2D eigenvalue weighted by Gasteiger charge is 2.48. The van der Waals surface area contributed by atoms with Crippen LogP contribution in [-0.2, 0) is 16.0 Å². The van der Waals surface area contributed by atoms with E-state index in [0.29, 0.717) is 13.0 Å². The molecule has 1 amide bonds. The molecule has 1 saturated carbocycles. The Labute approximate surface area is 123 Å². The van der Waals surface area contributed by atoms with Gasteiger partial charge in [-0.05, 0) is 30.9 Å². The molecule has 1 aliphatic carbocycles. The molecule has 0 aromatic heterocycles. The number of carbonyl (C=O) groups is 2. The SMILES string of the molecule is O=C(O)C1CC1C(=O)NCCCN1CCc2ccccc21. The Kier molecular flexibility index (Phi) is 3.82. The first-order chi connectivity index (χ1) is 10.2. The van der Waals surface area contributed by atoms with Crippen molar-refractivity contribution in [1.29, 1.82) is 0 Å². The largest absolute Gasteiger partial charge is 0.481 e. The second-order valence-corrected chi connectivity index (χ2v) is 5.80. The molecule has 5 nitrogen and oxygen atoms in total. The van der Waals surface area contributed by atoms with Crippen molar-refractivity contribution < 1.29 is 14.7 Å². The first kappa shape index (κ1) is 13.9. The van der Waals surface area contributed by atoms with Crippen LogP contribution in [0, 0.1) is 11.8 Å². The Morgan fingerprint density at radius 1 is 1.29 bits per heavy atom. The zero-order valence-electron chi connectivity index (χ0n) is 11.9. The van der Waals surface area contributed by atoms with E-state index in [4.69, 9.17) is 5.11 Å². The fourth-order valence-corrected chi connectivity index (χ4v) is 3.01. The molecule has 2 aliphatic rings. The molecule has 0 bridgehead atoms. The first-order valence-electron chi connectivity index (χ1n) is 7.50. The summed E-state index contributed by atoms with van der Waals surface area (Å²) in [5, 5.41) is 11.6. The number of carboxylic acid groups (broad SMARTS) is 1. The highest BCUT2D eigenvalue weighted by molar-refractivity contribution is 5.89. The summed E-state index contributed by atoms with van der Waals surface area (Å²) >= 11 is 0. The van der Waals surface area contributed by atoms with E-state index in [1.807, 2.05) is 0 Å². The molecule has 1 heterocycles. The maximum absolute atomic E-state index is 11.7. The van der Waals surface area contributed by atoms with Crippen molar-refractivity contribution in [1.82, 2.24) is 5.32 Å².